The molecular formula is C21H21ClN6OS. The summed E-state index contributed by atoms with van der Waals surface area (Å²) in [6.45, 7) is 3.98. The summed E-state index contributed by atoms with van der Waals surface area (Å²) in [5.74, 6) is 0.776. The molecule has 4 aromatic rings. The standard InChI is InChI=1S/C21H21ClN6OS/c1-12-13(9-23-21(25-12)28-6-4-3-5-7-28)15-11-30-20-18(15)17(29)8-16(26-20)14-10-24-27(2)19(14)22/h8-11H,3-7H2,1-2H3,(H,26,29). The maximum atomic E-state index is 13.0. The van der Waals surface area contributed by atoms with Gasteiger partial charge in [0.25, 0.3) is 0 Å². The van der Waals surface area contributed by atoms with E-state index in [9.17, 15) is 4.79 Å². The predicted octanol–water partition coefficient (Wildman–Crippen LogP) is 4.40. The monoisotopic (exact) mass is 440 g/mol. The van der Waals surface area contributed by atoms with Gasteiger partial charge in [-0.1, -0.05) is 11.6 Å². The van der Waals surface area contributed by atoms with Crippen LogP contribution in [0.25, 0.3) is 32.6 Å². The molecule has 154 valence electrons. The van der Waals surface area contributed by atoms with Crippen LogP contribution in [0.2, 0.25) is 5.15 Å². The second-order valence-corrected chi connectivity index (χ2v) is 8.83. The van der Waals surface area contributed by atoms with Crippen molar-refractivity contribution in [1.82, 2.24) is 24.7 Å². The lowest BCUT2D eigenvalue weighted by Gasteiger charge is -2.26. The van der Waals surface area contributed by atoms with Crippen molar-refractivity contribution in [1.29, 1.82) is 0 Å². The lowest BCUT2D eigenvalue weighted by molar-refractivity contribution is 0.568. The largest absolute Gasteiger partial charge is 0.346 e. The van der Waals surface area contributed by atoms with Gasteiger partial charge in [-0.15, -0.1) is 11.3 Å². The summed E-state index contributed by atoms with van der Waals surface area (Å²) < 4.78 is 1.57. The molecule has 0 aliphatic carbocycles. The fraction of sp³-hybridized carbons (Fsp3) is 0.333. The van der Waals surface area contributed by atoms with E-state index in [2.05, 4.69) is 20.0 Å². The van der Waals surface area contributed by atoms with Crippen molar-refractivity contribution in [2.75, 3.05) is 18.0 Å². The van der Waals surface area contributed by atoms with Crippen LogP contribution in [0.15, 0.2) is 28.6 Å². The number of halogens is 1. The minimum absolute atomic E-state index is 0.0607. The Hall–Kier alpha value is -2.71. The second kappa shape index (κ2) is 7.52. The van der Waals surface area contributed by atoms with Gasteiger partial charge in [0, 0.05) is 48.9 Å². The second-order valence-electron chi connectivity index (χ2n) is 7.59. The number of H-pyrrole nitrogens is 1. The van der Waals surface area contributed by atoms with Gasteiger partial charge in [-0.2, -0.15) is 5.10 Å². The van der Waals surface area contributed by atoms with Crippen LogP contribution in [-0.4, -0.2) is 37.8 Å². The summed E-state index contributed by atoms with van der Waals surface area (Å²) in [5, 5.41) is 7.29. The van der Waals surface area contributed by atoms with E-state index in [1.165, 1.54) is 30.6 Å². The van der Waals surface area contributed by atoms with Gasteiger partial charge in [-0.05, 0) is 26.2 Å². The molecule has 1 aliphatic heterocycles. The van der Waals surface area contributed by atoms with Crippen LogP contribution >= 0.6 is 22.9 Å². The number of pyridine rings is 1. The Balaban J connectivity index is 1.57. The Morgan fingerprint density at radius 3 is 2.63 bits per heavy atom. The lowest BCUT2D eigenvalue weighted by atomic mass is 10.1. The third-order valence-corrected chi connectivity index (χ3v) is 6.96. The van der Waals surface area contributed by atoms with E-state index in [1.54, 1.807) is 24.0 Å². The Kier molecular flexibility index (Phi) is 4.83. The average molecular weight is 441 g/mol. The Morgan fingerprint density at radius 1 is 1.13 bits per heavy atom. The molecule has 0 radical (unpaired) electrons. The summed E-state index contributed by atoms with van der Waals surface area (Å²) in [7, 11) is 1.77. The minimum Gasteiger partial charge on any atom is -0.346 e. The molecule has 1 saturated heterocycles. The molecule has 7 nitrogen and oxygen atoms in total. The highest BCUT2D eigenvalue weighted by Crippen LogP contribution is 2.34. The number of rotatable bonds is 3. The molecule has 5 rings (SSSR count). The number of nitrogens with one attached hydrogen (secondary N) is 1. The van der Waals surface area contributed by atoms with Crippen LogP contribution in [0.5, 0.6) is 0 Å². The number of hydrogen-bond acceptors (Lipinski definition) is 6. The number of aromatic nitrogens is 5. The number of hydrogen-bond donors (Lipinski definition) is 1. The van der Waals surface area contributed by atoms with E-state index in [0.29, 0.717) is 21.8 Å². The smallest absolute Gasteiger partial charge is 0.225 e. The van der Waals surface area contributed by atoms with Gasteiger partial charge < -0.3 is 9.88 Å². The molecule has 9 heteroatoms. The van der Waals surface area contributed by atoms with Crippen molar-refractivity contribution < 1.29 is 0 Å². The summed E-state index contributed by atoms with van der Waals surface area (Å²) in [4.78, 5) is 28.8. The van der Waals surface area contributed by atoms with E-state index in [0.717, 1.165) is 40.7 Å². The molecule has 0 atom stereocenters. The Labute approximate surface area is 182 Å². The van der Waals surface area contributed by atoms with Crippen LogP contribution < -0.4 is 10.3 Å². The maximum Gasteiger partial charge on any atom is 0.225 e. The quantitative estimate of drug-likeness (QED) is 0.510. The Morgan fingerprint density at radius 2 is 1.93 bits per heavy atom. The number of piperidine rings is 1. The van der Waals surface area contributed by atoms with Crippen LogP contribution in [0, 0.1) is 6.92 Å². The highest BCUT2D eigenvalue weighted by Gasteiger charge is 2.19. The van der Waals surface area contributed by atoms with E-state index >= 15 is 0 Å². The van der Waals surface area contributed by atoms with Gasteiger partial charge in [0.05, 0.1) is 28.5 Å². The number of aryl methyl sites for hydroxylation is 2. The third kappa shape index (κ3) is 3.20. The summed E-state index contributed by atoms with van der Waals surface area (Å²) in [6, 6.07) is 1.58. The highest BCUT2D eigenvalue weighted by molar-refractivity contribution is 7.17. The first-order chi connectivity index (χ1) is 14.5. The maximum absolute atomic E-state index is 13.0. The molecule has 0 amide bonds. The molecule has 0 bridgehead atoms. The lowest BCUT2D eigenvalue weighted by Crippen LogP contribution is -2.31. The molecule has 0 spiro atoms. The van der Waals surface area contributed by atoms with E-state index in [1.807, 2.05) is 18.5 Å². The first-order valence-corrected chi connectivity index (χ1v) is 11.2. The molecule has 1 N–H and O–H groups in total. The van der Waals surface area contributed by atoms with E-state index in [-0.39, 0.29) is 5.43 Å². The SMILES string of the molecule is Cc1nc(N2CCCCC2)ncc1-c1csc2[nH]c(-c3cnn(C)c3Cl)cc(=O)c12. The van der Waals surface area contributed by atoms with Gasteiger partial charge in [0.15, 0.2) is 5.43 Å². The van der Waals surface area contributed by atoms with Gasteiger partial charge in [0.2, 0.25) is 5.95 Å². The minimum atomic E-state index is -0.0607. The number of anilines is 1. The van der Waals surface area contributed by atoms with Crippen molar-refractivity contribution in [2.45, 2.75) is 26.2 Å². The van der Waals surface area contributed by atoms with Gasteiger partial charge >= 0.3 is 0 Å². The molecule has 30 heavy (non-hydrogen) atoms. The van der Waals surface area contributed by atoms with Crippen molar-refractivity contribution >= 4 is 39.1 Å². The molecule has 0 unspecified atom stereocenters. The van der Waals surface area contributed by atoms with Gasteiger partial charge in [0.1, 0.15) is 9.98 Å². The summed E-state index contributed by atoms with van der Waals surface area (Å²) in [6.07, 6.45) is 7.13. The third-order valence-electron chi connectivity index (χ3n) is 5.61. The van der Waals surface area contributed by atoms with E-state index in [4.69, 9.17) is 16.6 Å². The molecule has 4 aromatic heterocycles. The zero-order valence-corrected chi connectivity index (χ0v) is 18.3. The number of aromatic amines is 1. The zero-order valence-electron chi connectivity index (χ0n) is 16.8. The van der Waals surface area contributed by atoms with Crippen LogP contribution in [0.4, 0.5) is 5.95 Å². The van der Waals surface area contributed by atoms with Crippen molar-refractivity contribution in [2.24, 2.45) is 7.05 Å². The number of fused-ring (bicyclic) bond motifs is 1. The van der Waals surface area contributed by atoms with Crippen molar-refractivity contribution in [3.63, 3.8) is 0 Å². The summed E-state index contributed by atoms with van der Waals surface area (Å²) >= 11 is 7.80. The van der Waals surface area contributed by atoms with Gasteiger partial charge in [-0.25, -0.2) is 9.97 Å². The molecule has 1 aliphatic rings. The zero-order chi connectivity index (χ0) is 20.8. The fourth-order valence-corrected chi connectivity index (χ4v) is 5.14. The predicted molar refractivity (Wildman–Crippen MR) is 121 cm³/mol. The molecule has 0 aromatic carbocycles. The molecule has 0 saturated carbocycles. The number of thiophene rings is 1. The average Bonchev–Trinajstić information content (AvgIpc) is 3.32. The fourth-order valence-electron chi connectivity index (χ4n) is 3.97. The van der Waals surface area contributed by atoms with Crippen LogP contribution in [-0.2, 0) is 7.05 Å². The first-order valence-electron chi connectivity index (χ1n) is 9.94. The Bertz CT molecular complexity index is 1300. The molecule has 1 fully saturated rings. The summed E-state index contributed by atoms with van der Waals surface area (Å²) in [5.41, 5.74) is 3.94. The van der Waals surface area contributed by atoms with Crippen molar-refractivity contribution in [3.05, 3.63) is 44.9 Å². The highest BCUT2D eigenvalue weighted by atomic mass is 35.5. The van der Waals surface area contributed by atoms with Crippen LogP contribution in [0.1, 0.15) is 25.0 Å². The van der Waals surface area contributed by atoms with Gasteiger partial charge in [-0.3, -0.25) is 9.48 Å². The first kappa shape index (κ1) is 19.3. The molecular weight excluding hydrogens is 420 g/mol. The molecule has 5 heterocycles. The normalized spacial score (nSPS) is 14.6. The van der Waals surface area contributed by atoms with Crippen LogP contribution in [0.3, 0.4) is 0 Å². The number of nitrogens with zero attached hydrogens (tertiary/aromatic N) is 5. The topological polar surface area (TPSA) is 79.7 Å². The van der Waals surface area contributed by atoms with E-state index < -0.39 is 0 Å². The van der Waals surface area contributed by atoms with Crippen molar-refractivity contribution in [3.8, 4) is 22.4 Å².